The predicted molar refractivity (Wildman–Crippen MR) is 136 cm³/mol. The second-order valence-electron chi connectivity index (χ2n) is 9.73. The summed E-state index contributed by atoms with van der Waals surface area (Å²) in [6, 6.07) is 7.45. The Morgan fingerprint density at radius 1 is 1.06 bits per heavy atom. The maximum absolute atomic E-state index is 13.1. The van der Waals surface area contributed by atoms with Crippen molar-refractivity contribution in [3.05, 3.63) is 30.0 Å². The number of carbonyl (C=O) groups excluding carboxylic acids is 2. The summed E-state index contributed by atoms with van der Waals surface area (Å²) in [5.74, 6) is 0.747. The highest BCUT2D eigenvalue weighted by Gasteiger charge is 2.38. The Bertz CT molecular complexity index is 998. The molecule has 2 aromatic rings. The zero-order valence-corrected chi connectivity index (χ0v) is 21.0. The van der Waals surface area contributed by atoms with E-state index in [-0.39, 0.29) is 17.9 Å². The van der Waals surface area contributed by atoms with Gasteiger partial charge in [0.15, 0.2) is 0 Å². The monoisotopic (exact) mass is 485 g/mol. The number of nitrogens with one attached hydrogen (secondary N) is 2. The van der Waals surface area contributed by atoms with Gasteiger partial charge in [0.1, 0.15) is 5.69 Å². The van der Waals surface area contributed by atoms with E-state index in [1.807, 2.05) is 35.9 Å². The first-order valence-electron chi connectivity index (χ1n) is 13.0. The second-order valence-corrected chi connectivity index (χ2v) is 9.73. The van der Waals surface area contributed by atoms with Crippen molar-refractivity contribution in [2.45, 2.75) is 51.0 Å². The standard InChI is InChI=1S/C27H39N3O5/c1-30-23-10-9-21(29-26(31)25-22(11-12-28-25)19-7-4-3-5-8-19)17-20(23)18-24(30)27(32)35-14-6-13-34-16-15-33-2/h9-10,17-19,22,25,28H,3-8,11-16H2,1-2H3,(H,29,31)/t22?,25-/m0/s1. The van der Waals surface area contributed by atoms with Gasteiger partial charge in [-0.25, -0.2) is 4.79 Å². The van der Waals surface area contributed by atoms with E-state index < -0.39 is 0 Å². The van der Waals surface area contributed by atoms with E-state index in [1.165, 1.54) is 32.1 Å². The van der Waals surface area contributed by atoms with Crippen LogP contribution < -0.4 is 10.6 Å². The van der Waals surface area contributed by atoms with Gasteiger partial charge in [0.2, 0.25) is 5.91 Å². The van der Waals surface area contributed by atoms with Gasteiger partial charge in [-0.1, -0.05) is 32.1 Å². The van der Waals surface area contributed by atoms with Crippen LogP contribution in [0.5, 0.6) is 0 Å². The molecular formula is C27H39N3O5. The van der Waals surface area contributed by atoms with Crippen molar-refractivity contribution < 1.29 is 23.8 Å². The van der Waals surface area contributed by atoms with E-state index >= 15 is 0 Å². The first-order valence-corrected chi connectivity index (χ1v) is 13.0. The number of esters is 1. The van der Waals surface area contributed by atoms with Gasteiger partial charge in [-0.2, -0.15) is 0 Å². The molecule has 4 rings (SSSR count). The summed E-state index contributed by atoms with van der Waals surface area (Å²) in [7, 11) is 3.48. The van der Waals surface area contributed by atoms with Crippen molar-refractivity contribution in [2.75, 3.05) is 45.4 Å². The van der Waals surface area contributed by atoms with Crippen LogP contribution in [-0.2, 0) is 26.1 Å². The van der Waals surface area contributed by atoms with E-state index in [2.05, 4.69) is 10.6 Å². The van der Waals surface area contributed by atoms with E-state index in [0.717, 1.165) is 29.6 Å². The number of hydrogen-bond donors (Lipinski definition) is 2. The number of rotatable bonds is 11. The Balaban J connectivity index is 1.34. The lowest BCUT2D eigenvalue weighted by molar-refractivity contribution is -0.119. The smallest absolute Gasteiger partial charge is 0.354 e. The maximum atomic E-state index is 13.1. The molecule has 1 saturated carbocycles. The number of fused-ring (bicyclic) bond motifs is 1. The molecular weight excluding hydrogens is 446 g/mol. The van der Waals surface area contributed by atoms with Crippen LogP contribution in [-0.4, -0.2) is 62.6 Å². The van der Waals surface area contributed by atoms with Gasteiger partial charge in [-0.05, 0) is 49.1 Å². The molecule has 2 heterocycles. The molecule has 0 bridgehead atoms. The molecule has 0 spiro atoms. The SMILES string of the molecule is COCCOCCCOC(=O)c1cc2cc(NC(=O)[C@H]3NCCC3C3CCCCC3)ccc2n1C. The lowest BCUT2D eigenvalue weighted by Crippen LogP contribution is -2.42. The molecule has 2 fully saturated rings. The van der Waals surface area contributed by atoms with Crippen molar-refractivity contribution in [3.8, 4) is 0 Å². The van der Waals surface area contributed by atoms with Crippen LogP contribution in [0.1, 0.15) is 55.4 Å². The minimum Gasteiger partial charge on any atom is -0.461 e. The topological polar surface area (TPSA) is 90.8 Å². The van der Waals surface area contributed by atoms with Crippen molar-refractivity contribution in [2.24, 2.45) is 18.9 Å². The molecule has 1 aliphatic carbocycles. The number of carbonyl (C=O) groups is 2. The zero-order chi connectivity index (χ0) is 24.6. The molecule has 2 atom stereocenters. The van der Waals surface area contributed by atoms with Crippen molar-refractivity contribution >= 4 is 28.5 Å². The molecule has 1 aliphatic heterocycles. The van der Waals surface area contributed by atoms with Crippen LogP contribution in [0.3, 0.4) is 0 Å². The summed E-state index contributed by atoms with van der Waals surface area (Å²) in [5, 5.41) is 7.44. The summed E-state index contributed by atoms with van der Waals surface area (Å²) >= 11 is 0. The van der Waals surface area contributed by atoms with Gasteiger partial charge in [0.25, 0.3) is 0 Å². The van der Waals surface area contributed by atoms with E-state index in [0.29, 0.717) is 50.4 Å². The number of benzene rings is 1. The van der Waals surface area contributed by atoms with Crippen LogP contribution >= 0.6 is 0 Å². The molecule has 1 unspecified atom stereocenters. The van der Waals surface area contributed by atoms with Crippen molar-refractivity contribution in [3.63, 3.8) is 0 Å². The Labute approximate surface area is 207 Å². The highest BCUT2D eigenvalue weighted by atomic mass is 16.5. The van der Waals surface area contributed by atoms with Crippen molar-refractivity contribution in [1.29, 1.82) is 0 Å². The average molecular weight is 486 g/mol. The average Bonchev–Trinajstić information content (AvgIpc) is 3.49. The largest absolute Gasteiger partial charge is 0.461 e. The third-order valence-corrected chi connectivity index (χ3v) is 7.42. The molecule has 8 nitrogen and oxygen atoms in total. The molecule has 2 aliphatic rings. The fourth-order valence-electron chi connectivity index (χ4n) is 5.57. The fourth-order valence-corrected chi connectivity index (χ4v) is 5.57. The highest BCUT2D eigenvalue weighted by Crippen LogP contribution is 2.36. The van der Waals surface area contributed by atoms with Gasteiger partial charge >= 0.3 is 5.97 Å². The predicted octanol–water partition coefficient (Wildman–Crippen LogP) is 3.89. The number of methoxy groups -OCH3 is 1. The molecule has 2 N–H and O–H groups in total. The molecule has 1 aromatic carbocycles. The number of aryl methyl sites for hydroxylation is 1. The molecule has 0 radical (unpaired) electrons. The molecule has 1 aromatic heterocycles. The van der Waals surface area contributed by atoms with Gasteiger partial charge in [0, 0.05) is 43.8 Å². The Morgan fingerprint density at radius 3 is 2.69 bits per heavy atom. The summed E-state index contributed by atoms with van der Waals surface area (Å²) in [4.78, 5) is 25.8. The third-order valence-electron chi connectivity index (χ3n) is 7.42. The molecule has 8 heteroatoms. The van der Waals surface area contributed by atoms with Gasteiger partial charge < -0.3 is 29.4 Å². The second kappa shape index (κ2) is 12.5. The quantitative estimate of drug-likeness (QED) is 0.371. The van der Waals surface area contributed by atoms with Gasteiger partial charge in [-0.15, -0.1) is 0 Å². The van der Waals surface area contributed by atoms with Crippen LogP contribution in [0.15, 0.2) is 24.3 Å². The van der Waals surface area contributed by atoms with E-state index in [9.17, 15) is 9.59 Å². The summed E-state index contributed by atoms with van der Waals surface area (Å²) in [6.07, 6.45) is 8.08. The number of hydrogen-bond acceptors (Lipinski definition) is 6. The first-order chi connectivity index (χ1) is 17.1. The van der Waals surface area contributed by atoms with Crippen molar-refractivity contribution in [1.82, 2.24) is 9.88 Å². The number of nitrogens with zero attached hydrogens (tertiary/aromatic N) is 1. The lowest BCUT2D eigenvalue weighted by Gasteiger charge is -2.30. The number of ether oxygens (including phenoxy) is 3. The minimum atomic E-state index is -0.364. The van der Waals surface area contributed by atoms with Crippen LogP contribution in [0.2, 0.25) is 0 Å². The Kier molecular flexibility index (Phi) is 9.18. The van der Waals surface area contributed by atoms with Crippen LogP contribution in [0.25, 0.3) is 10.9 Å². The van der Waals surface area contributed by atoms with Crippen LogP contribution in [0.4, 0.5) is 5.69 Å². The number of amides is 1. The molecule has 1 saturated heterocycles. The highest BCUT2D eigenvalue weighted by molar-refractivity contribution is 6.00. The Morgan fingerprint density at radius 2 is 1.89 bits per heavy atom. The van der Waals surface area contributed by atoms with E-state index in [1.54, 1.807) is 7.11 Å². The zero-order valence-electron chi connectivity index (χ0n) is 21.0. The van der Waals surface area contributed by atoms with Crippen LogP contribution in [0, 0.1) is 11.8 Å². The van der Waals surface area contributed by atoms with Gasteiger partial charge in [-0.3, -0.25) is 4.79 Å². The number of anilines is 1. The summed E-state index contributed by atoms with van der Waals surface area (Å²) in [6.45, 7) is 2.81. The maximum Gasteiger partial charge on any atom is 0.354 e. The minimum absolute atomic E-state index is 0.0423. The summed E-state index contributed by atoms with van der Waals surface area (Å²) < 4.78 is 17.6. The molecule has 35 heavy (non-hydrogen) atoms. The molecule has 1 amide bonds. The Hall–Kier alpha value is -2.42. The van der Waals surface area contributed by atoms with Gasteiger partial charge in [0.05, 0.1) is 25.9 Å². The first kappa shape index (κ1) is 25.7. The normalized spacial score (nSPS) is 20.9. The number of aromatic nitrogens is 1. The van der Waals surface area contributed by atoms with E-state index in [4.69, 9.17) is 14.2 Å². The third kappa shape index (κ3) is 6.42. The fraction of sp³-hybridized carbons (Fsp3) is 0.630. The summed E-state index contributed by atoms with van der Waals surface area (Å²) in [5.41, 5.74) is 2.15. The lowest BCUT2D eigenvalue weighted by atomic mass is 9.76. The molecule has 192 valence electrons.